The largest absolute Gasteiger partial charge is 0.342 e. The number of likely N-dealkylation sites (tertiary alicyclic amines) is 1. The Kier molecular flexibility index (Phi) is 5.42. The highest BCUT2D eigenvalue weighted by Crippen LogP contribution is 2.27. The zero-order valence-electron chi connectivity index (χ0n) is 16.1. The van der Waals surface area contributed by atoms with Crippen LogP contribution in [0, 0.1) is 6.92 Å². The van der Waals surface area contributed by atoms with Gasteiger partial charge in [-0.25, -0.2) is 4.98 Å². The van der Waals surface area contributed by atoms with E-state index < -0.39 is 0 Å². The third-order valence-corrected chi connectivity index (χ3v) is 5.26. The Morgan fingerprint density at radius 1 is 1.14 bits per heavy atom. The average molecular weight is 372 g/mol. The maximum absolute atomic E-state index is 12.7. The van der Waals surface area contributed by atoms with Crippen molar-refractivity contribution in [2.45, 2.75) is 32.1 Å². The molecular weight excluding hydrogens is 348 g/mol. The van der Waals surface area contributed by atoms with Crippen molar-refractivity contribution < 1.29 is 4.79 Å². The number of rotatable bonds is 4. The molecule has 28 heavy (non-hydrogen) atoms. The van der Waals surface area contributed by atoms with Gasteiger partial charge < -0.3 is 4.90 Å². The fraction of sp³-hybridized carbons (Fsp3) is 0.304. The molecule has 1 amide bonds. The molecule has 0 N–H and O–H groups in total. The molecule has 1 aromatic carbocycles. The second-order valence-electron chi connectivity index (χ2n) is 7.41. The molecule has 5 heteroatoms. The highest BCUT2D eigenvalue weighted by atomic mass is 16.2. The predicted molar refractivity (Wildman–Crippen MR) is 109 cm³/mol. The molecule has 3 aromatic rings. The topological polar surface area (TPSA) is 59.0 Å². The molecule has 142 valence electrons. The second-order valence-corrected chi connectivity index (χ2v) is 7.41. The predicted octanol–water partition coefficient (Wildman–Crippen LogP) is 3.80. The van der Waals surface area contributed by atoms with Crippen molar-refractivity contribution in [1.82, 2.24) is 19.9 Å². The van der Waals surface area contributed by atoms with Crippen molar-refractivity contribution in [3.63, 3.8) is 0 Å². The molecule has 1 aliphatic heterocycles. The molecule has 0 unspecified atom stereocenters. The Labute approximate surface area is 165 Å². The zero-order valence-corrected chi connectivity index (χ0v) is 16.1. The van der Waals surface area contributed by atoms with Crippen LogP contribution in [0.3, 0.4) is 0 Å². The van der Waals surface area contributed by atoms with Gasteiger partial charge in [0.05, 0.1) is 24.0 Å². The minimum atomic E-state index is 0.165. The van der Waals surface area contributed by atoms with Crippen molar-refractivity contribution in [2.75, 3.05) is 13.1 Å². The van der Waals surface area contributed by atoms with Gasteiger partial charge in [-0.1, -0.05) is 23.8 Å². The first-order chi connectivity index (χ1) is 13.7. The molecular formula is C23H24N4O. The Morgan fingerprint density at radius 2 is 2.00 bits per heavy atom. The van der Waals surface area contributed by atoms with E-state index in [2.05, 4.69) is 35.1 Å². The molecule has 2 aromatic heterocycles. The number of aryl methyl sites for hydroxylation is 1. The molecule has 0 bridgehead atoms. The zero-order chi connectivity index (χ0) is 19.3. The number of benzene rings is 1. The van der Waals surface area contributed by atoms with Gasteiger partial charge in [-0.3, -0.25) is 14.8 Å². The van der Waals surface area contributed by atoms with E-state index in [0.717, 1.165) is 41.9 Å². The first kappa shape index (κ1) is 18.3. The summed E-state index contributed by atoms with van der Waals surface area (Å²) in [5, 5.41) is 0. The minimum Gasteiger partial charge on any atom is -0.342 e. The molecule has 0 saturated carbocycles. The molecule has 0 aliphatic carbocycles. The van der Waals surface area contributed by atoms with Gasteiger partial charge in [0.25, 0.3) is 0 Å². The van der Waals surface area contributed by atoms with E-state index in [-0.39, 0.29) is 11.8 Å². The van der Waals surface area contributed by atoms with Crippen LogP contribution in [0.25, 0.3) is 11.3 Å². The van der Waals surface area contributed by atoms with Crippen molar-refractivity contribution in [3.8, 4) is 11.3 Å². The summed E-state index contributed by atoms with van der Waals surface area (Å²) in [6.07, 6.45) is 9.56. The van der Waals surface area contributed by atoms with Crippen LogP contribution in [0.1, 0.15) is 35.6 Å². The van der Waals surface area contributed by atoms with Crippen LogP contribution in [-0.4, -0.2) is 38.8 Å². The lowest BCUT2D eigenvalue weighted by Crippen LogP contribution is -2.40. The number of amides is 1. The van der Waals surface area contributed by atoms with E-state index in [9.17, 15) is 4.79 Å². The first-order valence-corrected chi connectivity index (χ1v) is 9.75. The fourth-order valence-electron chi connectivity index (χ4n) is 3.75. The average Bonchev–Trinajstić information content (AvgIpc) is 2.75. The van der Waals surface area contributed by atoms with Gasteiger partial charge >= 0.3 is 0 Å². The summed E-state index contributed by atoms with van der Waals surface area (Å²) in [5.74, 6) is 0.395. The van der Waals surface area contributed by atoms with Crippen molar-refractivity contribution in [2.24, 2.45) is 0 Å². The lowest BCUT2D eigenvalue weighted by Gasteiger charge is -2.32. The van der Waals surface area contributed by atoms with E-state index in [1.807, 2.05) is 35.5 Å². The molecule has 1 saturated heterocycles. The molecule has 3 heterocycles. The summed E-state index contributed by atoms with van der Waals surface area (Å²) in [6.45, 7) is 3.59. The highest BCUT2D eigenvalue weighted by Gasteiger charge is 2.26. The van der Waals surface area contributed by atoms with E-state index >= 15 is 0 Å². The maximum atomic E-state index is 12.7. The summed E-state index contributed by atoms with van der Waals surface area (Å²) >= 11 is 0. The molecule has 1 aliphatic rings. The molecule has 0 spiro atoms. The van der Waals surface area contributed by atoms with Crippen LogP contribution in [0.4, 0.5) is 0 Å². The fourth-order valence-corrected chi connectivity index (χ4v) is 3.75. The van der Waals surface area contributed by atoms with E-state index in [0.29, 0.717) is 13.0 Å². The normalized spacial score (nSPS) is 16.8. The van der Waals surface area contributed by atoms with E-state index in [4.69, 9.17) is 4.98 Å². The summed E-state index contributed by atoms with van der Waals surface area (Å²) in [5.41, 5.74) is 5.15. The smallest absolute Gasteiger partial charge is 0.227 e. The number of carbonyl (C=O) groups is 1. The number of carbonyl (C=O) groups excluding carboxylic acids is 1. The molecule has 1 atom stereocenters. The molecule has 1 fully saturated rings. The number of aromatic nitrogens is 3. The standard InChI is InChI=1S/C23H24N4O/c1-17-4-2-5-19(12-17)21-14-25-15-22(26-21)20-6-3-11-27(16-20)23(28)13-18-7-9-24-10-8-18/h2,4-5,7-10,12,14-15,20H,3,6,11,13,16H2,1H3/t20-/m1/s1. The Hall–Kier alpha value is -3.08. The van der Waals surface area contributed by atoms with Crippen molar-refractivity contribution >= 4 is 5.91 Å². The minimum absolute atomic E-state index is 0.165. The Bertz CT molecular complexity index is 958. The van der Waals surface area contributed by atoms with Crippen LogP contribution in [0.5, 0.6) is 0 Å². The van der Waals surface area contributed by atoms with Crippen LogP contribution in [-0.2, 0) is 11.2 Å². The van der Waals surface area contributed by atoms with Crippen LogP contribution in [0.2, 0.25) is 0 Å². The van der Waals surface area contributed by atoms with Crippen molar-refractivity contribution in [1.29, 1.82) is 0 Å². The maximum Gasteiger partial charge on any atom is 0.227 e. The molecule has 0 radical (unpaired) electrons. The van der Waals surface area contributed by atoms with Gasteiger partial charge in [-0.15, -0.1) is 0 Å². The van der Waals surface area contributed by atoms with Gasteiger partial charge in [0, 0.05) is 43.2 Å². The van der Waals surface area contributed by atoms with Crippen molar-refractivity contribution in [3.05, 3.63) is 78.0 Å². The Morgan fingerprint density at radius 3 is 2.82 bits per heavy atom. The summed E-state index contributed by atoms with van der Waals surface area (Å²) in [7, 11) is 0. The van der Waals surface area contributed by atoms with Crippen LogP contribution in [0.15, 0.2) is 61.2 Å². The SMILES string of the molecule is Cc1cccc(-c2cncc([C@@H]3CCCN(C(=O)Cc4ccncc4)C3)n2)c1. The van der Waals surface area contributed by atoms with Gasteiger partial charge in [0.15, 0.2) is 0 Å². The van der Waals surface area contributed by atoms with Gasteiger partial charge in [-0.05, 0) is 43.5 Å². The van der Waals surface area contributed by atoms with Crippen LogP contribution < -0.4 is 0 Å². The van der Waals surface area contributed by atoms with E-state index in [1.165, 1.54) is 5.56 Å². The van der Waals surface area contributed by atoms with Crippen LogP contribution >= 0.6 is 0 Å². The number of hydrogen-bond donors (Lipinski definition) is 0. The third kappa shape index (κ3) is 4.25. The highest BCUT2D eigenvalue weighted by molar-refractivity contribution is 5.78. The van der Waals surface area contributed by atoms with Gasteiger partial charge in [0.2, 0.25) is 5.91 Å². The number of hydrogen-bond acceptors (Lipinski definition) is 4. The summed E-state index contributed by atoms with van der Waals surface area (Å²) in [6, 6.07) is 12.1. The first-order valence-electron chi connectivity index (χ1n) is 9.75. The van der Waals surface area contributed by atoms with Gasteiger partial charge in [0.1, 0.15) is 0 Å². The quantitative estimate of drug-likeness (QED) is 0.699. The monoisotopic (exact) mass is 372 g/mol. The van der Waals surface area contributed by atoms with Gasteiger partial charge in [-0.2, -0.15) is 0 Å². The Balaban J connectivity index is 1.49. The third-order valence-electron chi connectivity index (χ3n) is 5.26. The molecule has 5 nitrogen and oxygen atoms in total. The second kappa shape index (κ2) is 8.30. The summed E-state index contributed by atoms with van der Waals surface area (Å²) < 4.78 is 0. The summed E-state index contributed by atoms with van der Waals surface area (Å²) in [4.78, 5) is 28.0. The lowest BCUT2D eigenvalue weighted by atomic mass is 9.94. The lowest BCUT2D eigenvalue weighted by molar-refractivity contribution is -0.131. The molecule has 4 rings (SSSR count). The van der Waals surface area contributed by atoms with E-state index in [1.54, 1.807) is 12.4 Å². The number of piperidine rings is 1. The number of nitrogens with zero attached hydrogens (tertiary/aromatic N) is 4. The number of pyridine rings is 1.